The van der Waals surface area contributed by atoms with Gasteiger partial charge in [-0.25, -0.2) is 15.0 Å². The van der Waals surface area contributed by atoms with E-state index in [-0.39, 0.29) is 12.4 Å². The van der Waals surface area contributed by atoms with E-state index in [2.05, 4.69) is 57.8 Å². The fraction of sp³-hybridized carbons (Fsp3) is 0.318. The van der Waals surface area contributed by atoms with E-state index < -0.39 is 0 Å². The molecule has 0 atom stereocenters. The van der Waals surface area contributed by atoms with E-state index in [1.165, 1.54) is 0 Å². The third-order valence-corrected chi connectivity index (χ3v) is 5.33. The summed E-state index contributed by atoms with van der Waals surface area (Å²) in [6, 6.07) is 12.0. The SMILES string of the molecule is Cl.c1ccc(CNc2nccc(-c3[nH]nc4nc(NCCN5CCOCC5)ncc34)n2)cc1. The molecule has 1 saturated heterocycles. The molecule has 1 fully saturated rings. The number of nitrogens with one attached hydrogen (secondary N) is 3. The van der Waals surface area contributed by atoms with Crippen molar-refractivity contribution in [2.75, 3.05) is 50.0 Å². The van der Waals surface area contributed by atoms with E-state index in [0.717, 1.165) is 61.7 Å². The molecule has 1 aliphatic heterocycles. The highest BCUT2D eigenvalue weighted by molar-refractivity contribution is 5.89. The van der Waals surface area contributed by atoms with Gasteiger partial charge in [0.15, 0.2) is 5.65 Å². The van der Waals surface area contributed by atoms with Gasteiger partial charge in [0.25, 0.3) is 0 Å². The van der Waals surface area contributed by atoms with Gasteiger partial charge in [-0.05, 0) is 11.6 Å². The van der Waals surface area contributed by atoms with Gasteiger partial charge in [-0.3, -0.25) is 10.00 Å². The molecule has 0 spiro atoms. The summed E-state index contributed by atoms with van der Waals surface area (Å²) in [6.45, 7) is 5.87. The lowest BCUT2D eigenvalue weighted by Crippen LogP contribution is -2.39. The number of hydrogen-bond acceptors (Lipinski definition) is 9. The first-order valence-corrected chi connectivity index (χ1v) is 10.7. The average molecular weight is 468 g/mol. The number of H-pyrrole nitrogens is 1. The molecule has 11 heteroatoms. The number of aromatic amines is 1. The van der Waals surface area contributed by atoms with Crippen LogP contribution in [0.2, 0.25) is 0 Å². The maximum atomic E-state index is 5.38. The van der Waals surface area contributed by atoms with Crippen molar-refractivity contribution in [1.82, 2.24) is 35.0 Å². The van der Waals surface area contributed by atoms with Crippen molar-refractivity contribution in [3.05, 3.63) is 54.4 Å². The number of aromatic nitrogens is 6. The van der Waals surface area contributed by atoms with Gasteiger partial charge in [-0.15, -0.1) is 12.4 Å². The Morgan fingerprint density at radius 3 is 2.64 bits per heavy atom. The Morgan fingerprint density at radius 1 is 0.970 bits per heavy atom. The Balaban J connectivity index is 0.00000259. The summed E-state index contributed by atoms with van der Waals surface area (Å²) in [5.74, 6) is 1.12. The second-order valence-electron chi connectivity index (χ2n) is 7.51. The number of hydrogen-bond donors (Lipinski definition) is 3. The molecule has 172 valence electrons. The van der Waals surface area contributed by atoms with E-state index >= 15 is 0 Å². The predicted molar refractivity (Wildman–Crippen MR) is 129 cm³/mol. The van der Waals surface area contributed by atoms with Crippen LogP contribution < -0.4 is 10.6 Å². The Hall–Kier alpha value is -3.34. The molecule has 0 radical (unpaired) electrons. The van der Waals surface area contributed by atoms with Crippen LogP contribution >= 0.6 is 12.4 Å². The zero-order valence-electron chi connectivity index (χ0n) is 18.1. The first-order valence-electron chi connectivity index (χ1n) is 10.7. The number of morpholine rings is 1. The number of anilines is 2. The third kappa shape index (κ3) is 5.72. The van der Waals surface area contributed by atoms with Crippen LogP contribution in [0.25, 0.3) is 22.4 Å². The van der Waals surface area contributed by atoms with Crippen molar-refractivity contribution >= 4 is 35.3 Å². The zero-order valence-corrected chi connectivity index (χ0v) is 18.9. The second-order valence-corrected chi connectivity index (χ2v) is 7.51. The summed E-state index contributed by atoms with van der Waals surface area (Å²) in [5.41, 5.74) is 3.26. The number of halogens is 1. The van der Waals surface area contributed by atoms with Crippen LogP contribution in [-0.4, -0.2) is 74.4 Å². The molecule has 4 aromatic rings. The first-order chi connectivity index (χ1) is 15.8. The van der Waals surface area contributed by atoms with Gasteiger partial charge in [0.2, 0.25) is 11.9 Å². The first kappa shape index (κ1) is 22.8. The van der Waals surface area contributed by atoms with Crippen LogP contribution in [0, 0.1) is 0 Å². The number of ether oxygens (including phenoxy) is 1. The van der Waals surface area contributed by atoms with Gasteiger partial charge in [-0.1, -0.05) is 30.3 Å². The summed E-state index contributed by atoms with van der Waals surface area (Å²) >= 11 is 0. The van der Waals surface area contributed by atoms with E-state index in [1.807, 2.05) is 24.3 Å². The van der Waals surface area contributed by atoms with Crippen molar-refractivity contribution in [2.24, 2.45) is 0 Å². The minimum Gasteiger partial charge on any atom is -0.379 e. The molecular formula is C22H26ClN9O. The standard InChI is InChI=1S/C22H25N9O.ClH/c1-2-4-16(5-3-1)14-25-21-23-7-6-18(27-21)19-17-15-26-22(28-20(17)30-29-19)24-8-9-31-10-12-32-13-11-31;/h1-7,15H,8-14H2,(H,23,25,27)(H2,24,26,28,29,30);1H. The third-order valence-electron chi connectivity index (χ3n) is 5.33. The Labute approximate surface area is 197 Å². The van der Waals surface area contributed by atoms with Crippen LogP contribution in [0.3, 0.4) is 0 Å². The smallest absolute Gasteiger partial charge is 0.224 e. The van der Waals surface area contributed by atoms with E-state index in [1.54, 1.807) is 12.4 Å². The molecule has 3 N–H and O–H groups in total. The monoisotopic (exact) mass is 467 g/mol. The molecule has 0 aliphatic carbocycles. The van der Waals surface area contributed by atoms with Crippen molar-refractivity contribution in [1.29, 1.82) is 0 Å². The lowest BCUT2D eigenvalue weighted by atomic mass is 10.2. The molecule has 5 rings (SSSR count). The number of benzene rings is 1. The summed E-state index contributed by atoms with van der Waals surface area (Å²) in [5, 5.41) is 14.8. The van der Waals surface area contributed by atoms with E-state index in [4.69, 9.17) is 4.74 Å². The molecule has 0 bridgehead atoms. The highest BCUT2D eigenvalue weighted by Crippen LogP contribution is 2.24. The van der Waals surface area contributed by atoms with Crippen molar-refractivity contribution in [2.45, 2.75) is 6.54 Å². The predicted octanol–water partition coefficient (Wildman–Crippen LogP) is 2.59. The highest BCUT2D eigenvalue weighted by Gasteiger charge is 2.13. The van der Waals surface area contributed by atoms with Crippen molar-refractivity contribution in [3.8, 4) is 11.4 Å². The largest absolute Gasteiger partial charge is 0.379 e. The van der Waals surface area contributed by atoms with Crippen LogP contribution in [0.4, 0.5) is 11.9 Å². The minimum absolute atomic E-state index is 0. The van der Waals surface area contributed by atoms with Gasteiger partial charge >= 0.3 is 0 Å². The lowest BCUT2D eigenvalue weighted by Gasteiger charge is -2.26. The summed E-state index contributed by atoms with van der Waals surface area (Å²) < 4.78 is 5.38. The molecule has 3 aromatic heterocycles. The summed E-state index contributed by atoms with van der Waals surface area (Å²) in [4.78, 5) is 20.3. The van der Waals surface area contributed by atoms with Gasteiger partial charge in [0.05, 0.1) is 30.0 Å². The Bertz CT molecular complexity index is 1160. The summed E-state index contributed by atoms with van der Waals surface area (Å²) in [7, 11) is 0. The zero-order chi connectivity index (χ0) is 21.6. The number of fused-ring (bicyclic) bond motifs is 1. The number of nitrogens with zero attached hydrogens (tertiary/aromatic N) is 6. The van der Waals surface area contributed by atoms with Gasteiger partial charge in [-0.2, -0.15) is 10.1 Å². The maximum Gasteiger partial charge on any atom is 0.224 e. The van der Waals surface area contributed by atoms with Crippen LogP contribution in [0.1, 0.15) is 5.56 Å². The molecule has 1 aromatic carbocycles. The molecule has 1 aliphatic rings. The van der Waals surface area contributed by atoms with Crippen molar-refractivity contribution < 1.29 is 4.74 Å². The normalized spacial score (nSPS) is 14.1. The molecule has 0 unspecified atom stereocenters. The Kier molecular flexibility index (Phi) is 7.61. The molecule has 0 saturated carbocycles. The van der Waals surface area contributed by atoms with E-state index in [9.17, 15) is 0 Å². The fourth-order valence-electron chi connectivity index (χ4n) is 3.59. The molecular weight excluding hydrogens is 442 g/mol. The topological polar surface area (TPSA) is 117 Å². The van der Waals surface area contributed by atoms with E-state index in [0.29, 0.717) is 24.1 Å². The molecule has 0 amide bonds. The molecule has 33 heavy (non-hydrogen) atoms. The van der Waals surface area contributed by atoms with Crippen LogP contribution in [0.5, 0.6) is 0 Å². The highest BCUT2D eigenvalue weighted by atomic mass is 35.5. The van der Waals surface area contributed by atoms with Gasteiger partial charge in [0, 0.05) is 45.1 Å². The average Bonchev–Trinajstić information content (AvgIpc) is 3.28. The van der Waals surface area contributed by atoms with Crippen molar-refractivity contribution in [3.63, 3.8) is 0 Å². The van der Waals surface area contributed by atoms with Crippen LogP contribution in [0.15, 0.2) is 48.8 Å². The van der Waals surface area contributed by atoms with Gasteiger partial charge < -0.3 is 15.4 Å². The fourth-order valence-corrected chi connectivity index (χ4v) is 3.59. The summed E-state index contributed by atoms with van der Waals surface area (Å²) in [6.07, 6.45) is 3.50. The molecule has 4 heterocycles. The minimum atomic E-state index is 0. The molecule has 10 nitrogen and oxygen atoms in total. The quantitative estimate of drug-likeness (QED) is 0.359. The maximum absolute atomic E-state index is 5.38. The van der Waals surface area contributed by atoms with Gasteiger partial charge in [0.1, 0.15) is 0 Å². The number of rotatable bonds is 8. The van der Waals surface area contributed by atoms with Crippen LogP contribution in [-0.2, 0) is 11.3 Å². The Morgan fingerprint density at radius 2 is 1.79 bits per heavy atom. The second kappa shape index (κ2) is 11.0. The lowest BCUT2D eigenvalue weighted by molar-refractivity contribution is 0.0398.